The highest BCUT2D eigenvalue weighted by Gasteiger charge is 2.05. The van der Waals surface area contributed by atoms with Crippen LogP contribution in [0.5, 0.6) is 0 Å². The van der Waals surface area contributed by atoms with E-state index in [4.69, 9.17) is 5.73 Å². The molecule has 2 rings (SSSR count). The number of aromatic nitrogens is 1. The average molecular weight is 255 g/mol. The number of carbonyl (C=O) groups is 2. The van der Waals surface area contributed by atoms with Crippen LogP contribution in [-0.4, -0.2) is 24.2 Å². The van der Waals surface area contributed by atoms with Crippen LogP contribution in [0.25, 0.3) is 11.3 Å². The van der Waals surface area contributed by atoms with Gasteiger partial charge in [-0.2, -0.15) is 0 Å². The van der Waals surface area contributed by atoms with Crippen molar-refractivity contribution in [2.75, 3.05) is 12.4 Å². The number of nitrogens with one attached hydrogen (secondary N) is 1. The summed E-state index contributed by atoms with van der Waals surface area (Å²) in [6, 6.07) is 10.1. The van der Waals surface area contributed by atoms with Gasteiger partial charge in [0.25, 0.3) is 0 Å². The minimum absolute atomic E-state index is 0.434. The van der Waals surface area contributed by atoms with E-state index in [1.54, 1.807) is 43.4 Å². The Bertz CT molecular complexity index is 621. The van der Waals surface area contributed by atoms with Crippen molar-refractivity contribution >= 4 is 18.0 Å². The van der Waals surface area contributed by atoms with Crippen molar-refractivity contribution in [3.05, 3.63) is 47.5 Å². The summed E-state index contributed by atoms with van der Waals surface area (Å²) in [5, 5.41) is 2.90. The summed E-state index contributed by atoms with van der Waals surface area (Å²) in [6.45, 7) is 0. The lowest BCUT2D eigenvalue weighted by molar-refractivity contribution is 0.1000. The number of benzene rings is 1. The van der Waals surface area contributed by atoms with Gasteiger partial charge in [0.1, 0.15) is 12.1 Å². The molecule has 5 heteroatoms. The molecule has 19 heavy (non-hydrogen) atoms. The highest BCUT2D eigenvalue weighted by atomic mass is 16.1. The number of rotatable bonds is 4. The SMILES string of the molecule is CNc1cc(C=O)cc(-c2ccc(C(N)=O)cc2)n1. The van der Waals surface area contributed by atoms with E-state index in [2.05, 4.69) is 10.3 Å². The fourth-order valence-corrected chi connectivity index (χ4v) is 1.70. The standard InChI is InChI=1S/C14H13N3O2/c1-16-13-7-9(8-18)6-12(17-13)10-2-4-11(5-3-10)14(15)19/h2-8H,1H3,(H2,15,19)(H,16,17). The minimum Gasteiger partial charge on any atom is -0.373 e. The Hall–Kier alpha value is -2.69. The number of aldehydes is 1. The summed E-state index contributed by atoms with van der Waals surface area (Å²) in [5.41, 5.74) is 7.62. The van der Waals surface area contributed by atoms with Crippen molar-refractivity contribution in [2.45, 2.75) is 0 Å². The molecule has 0 saturated heterocycles. The molecule has 0 radical (unpaired) electrons. The molecule has 5 nitrogen and oxygen atoms in total. The van der Waals surface area contributed by atoms with Gasteiger partial charge in [0.05, 0.1) is 5.69 Å². The lowest BCUT2D eigenvalue weighted by atomic mass is 10.1. The number of nitrogens with two attached hydrogens (primary N) is 1. The first-order valence-electron chi connectivity index (χ1n) is 5.69. The second-order valence-electron chi connectivity index (χ2n) is 3.98. The van der Waals surface area contributed by atoms with Crippen LogP contribution in [-0.2, 0) is 0 Å². The van der Waals surface area contributed by atoms with Gasteiger partial charge in [-0.25, -0.2) is 4.98 Å². The highest BCUT2D eigenvalue weighted by Crippen LogP contribution is 2.21. The molecule has 2 aromatic rings. The van der Waals surface area contributed by atoms with E-state index < -0.39 is 5.91 Å². The van der Waals surface area contributed by atoms with Crippen LogP contribution < -0.4 is 11.1 Å². The van der Waals surface area contributed by atoms with Gasteiger partial charge in [0.15, 0.2) is 0 Å². The van der Waals surface area contributed by atoms with E-state index in [0.717, 1.165) is 11.8 Å². The van der Waals surface area contributed by atoms with E-state index in [-0.39, 0.29) is 0 Å². The predicted molar refractivity (Wildman–Crippen MR) is 73.1 cm³/mol. The zero-order valence-corrected chi connectivity index (χ0v) is 10.4. The van der Waals surface area contributed by atoms with Crippen molar-refractivity contribution in [3.63, 3.8) is 0 Å². The van der Waals surface area contributed by atoms with Gasteiger partial charge in [-0.15, -0.1) is 0 Å². The average Bonchev–Trinajstić information content (AvgIpc) is 2.46. The predicted octanol–water partition coefficient (Wildman–Crippen LogP) is 1.70. The fourth-order valence-electron chi connectivity index (χ4n) is 1.70. The smallest absolute Gasteiger partial charge is 0.248 e. The van der Waals surface area contributed by atoms with E-state index in [9.17, 15) is 9.59 Å². The van der Waals surface area contributed by atoms with E-state index in [0.29, 0.717) is 22.6 Å². The first-order chi connectivity index (χ1) is 9.13. The van der Waals surface area contributed by atoms with Crippen molar-refractivity contribution in [1.82, 2.24) is 4.98 Å². The third-order valence-electron chi connectivity index (χ3n) is 2.71. The van der Waals surface area contributed by atoms with Crippen molar-refractivity contribution in [1.29, 1.82) is 0 Å². The molecule has 0 saturated carbocycles. The maximum absolute atomic E-state index is 11.0. The van der Waals surface area contributed by atoms with Gasteiger partial charge < -0.3 is 11.1 Å². The molecule has 1 aromatic heterocycles. The van der Waals surface area contributed by atoms with Crippen LogP contribution in [0.15, 0.2) is 36.4 Å². The summed E-state index contributed by atoms with van der Waals surface area (Å²) in [6.07, 6.45) is 0.768. The second-order valence-corrected chi connectivity index (χ2v) is 3.98. The van der Waals surface area contributed by atoms with Gasteiger partial charge in [-0.3, -0.25) is 9.59 Å². The molecule has 0 bridgehead atoms. The normalized spacial score (nSPS) is 9.95. The maximum Gasteiger partial charge on any atom is 0.248 e. The van der Waals surface area contributed by atoms with Crippen molar-refractivity contribution in [2.24, 2.45) is 5.73 Å². The maximum atomic E-state index is 11.0. The molecule has 0 fully saturated rings. The van der Waals surface area contributed by atoms with E-state index in [1.165, 1.54) is 0 Å². The Morgan fingerprint density at radius 2 is 1.95 bits per heavy atom. The third kappa shape index (κ3) is 2.77. The molecule has 0 aliphatic rings. The number of pyridine rings is 1. The minimum atomic E-state index is -0.475. The number of amides is 1. The summed E-state index contributed by atoms with van der Waals surface area (Å²) >= 11 is 0. The van der Waals surface area contributed by atoms with Crippen LogP contribution >= 0.6 is 0 Å². The van der Waals surface area contributed by atoms with Gasteiger partial charge in [-0.05, 0) is 24.3 Å². The number of primary amides is 1. The van der Waals surface area contributed by atoms with Gasteiger partial charge in [-0.1, -0.05) is 12.1 Å². The summed E-state index contributed by atoms with van der Waals surface area (Å²) in [4.78, 5) is 26.2. The van der Waals surface area contributed by atoms with Gasteiger partial charge in [0, 0.05) is 23.7 Å². The lowest BCUT2D eigenvalue weighted by Crippen LogP contribution is -2.10. The van der Waals surface area contributed by atoms with Crippen LogP contribution in [0.1, 0.15) is 20.7 Å². The lowest BCUT2D eigenvalue weighted by Gasteiger charge is -2.06. The van der Waals surface area contributed by atoms with Crippen LogP contribution in [0.2, 0.25) is 0 Å². The quantitative estimate of drug-likeness (QED) is 0.814. The van der Waals surface area contributed by atoms with E-state index >= 15 is 0 Å². The molecule has 1 heterocycles. The molecule has 96 valence electrons. The Morgan fingerprint density at radius 3 is 2.47 bits per heavy atom. The Kier molecular flexibility index (Phi) is 3.56. The largest absolute Gasteiger partial charge is 0.373 e. The zero-order chi connectivity index (χ0) is 13.8. The van der Waals surface area contributed by atoms with Crippen LogP contribution in [0.4, 0.5) is 5.82 Å². The molecule has 0 aliphatic carbocycles. The molecule has 0 atom stereocenters. The summed E-state index contributed by atoms with van der Waals surface area (Å²) in [7, 11) is 1.73. The Balaban J connectivity index is 2.45. The van der Waals surface area contributed by atoms with Crippen molar-refractivity contribution in [3.8, 4) is 11.3 Å². The Morgan fingerprint density at radius 1 is 1.26 bits per heavy atom. The van der Waals surface area contributed by atoms with Gasteiger partial charge in [0.2, 0.25) is 5.91 Å². The monoisotopic (exact) mass is 255 g/mol. The Labute approximate surface area is 110 Å². The number of hydrogen-bond donors (Lipinski definition) is 2. The number of nitrogens with zero attached hydrogens (tertiary/aromatic N) is 1. The fraction of sp³-hybridized carbons (Fsp3) is 0.0714. The number of carbonyl (C=O) groups excluding carboxylic acids is 2. The third-order valence-corrected chi connectivity index (χ3v) is 2.71. The molecule has 0 spiro atoms. The first-order valence-corrected chi connectivity index (χ1v) is 5.69. The molecule has 1 aromatic carbocycles. The van der Waals surface area contributed by atoms with Crippen molar-refractivity contribution < 1.29 is 9.59 Å². The van der Waals surface area contributed by atoms with Crippen LogP contribution in [0.3, 0.4) is 0 Å². The second kappa shape index (κ2) is 5.30. The van der Waals surface area contributed by atoms with Gasteiger partial charge >= 0.3 is 0 Å². The summed E-state index contributed by atoms with van der Waals surface area (Å²) < 4.78 is 0. The summed E-state index contributed by atoms with van der Waals surface area (Å²) in [5.74, 6) is 0.135. The topological polar surface area (TPSA) is 85.1 Å². The zero-order valence-electron chi connectivity index (χ0n) is 10.4. The van der Waals surface area contributed by atoms with Crippen LogP contribution in [0, 0.1) is 0 Å². The van der Waals surface area contributed by atoms with E-state index in [1.807, 2.05) is 0 Å². The molecule has 1 amide bonds. The number of hydrogen-bond acceptors (Lipinski definition) is 4. The molecular formula is C14H13N3O2. The molecule has 3 N–H and O–H groups in total. The molecular weight excluding hydrogens is 242 g/mol. The first kappa shape index (κ1) is 12.8. The highest BCUT2D eigenvalue weighted by molar-refractivity contribution is 5.93. The molecule has 0 unspecified atom stereocenters. The number of anilines is 1. The molecule has 0 aliphatic heterocycles.